The maximum absolute atomic E-state index is 12.1. The molecule has 7 heteroatoms. The van der Waals surface area contributed by atoms with Gasteiger partial charge in [0.2, 0.25) is 0 Å². The van der Waals surface area contributed by atoms with Crippen molar-refractivity contribution in [3.05, 3.63) is 29.7 Å². The number of nitrogens with two attached hydrogens (primary N) is 1. The Morgan fingerprint density at radius 3 is 2.50 bits per heavy atom. The van der Waals surface area contributed by atoms with Crippen molar-refractivity contribution in [1.82, 2.24) is 0 Å². The lowest BCUT2D eigenvalue weighted by Crippen LogP contribution is -2.32. The number of hydrogen-bond acceptors (Lipinski definition) is 4. The average molecular weight is 256 g/mol. The molecule has 1 aromatic carbocycles. The molecule has 0 saturated heterocycles. The SMILES string of the molecule is [2H]c1c([2H])c([2H])c(C(=O)C[C@H](N)C(=O)O)c(NC(=O)O)c1[2H]. The number of rotatable bonds is 5. The molecule has 0 spiro atoms. The van der Waals surface area contributed by atoms with E-state index in [1.807, 2.05) is 0 Å². The molecule has 0 fully saturated rings. The Morgan fingerprint density at radius 1 is 1.33 bits per heavy atom. The van der Waals surface area contributed by atoms with Crippen LogP contribution in [0.15, 0.2) is 24.2 Å². The molecule has 0 bridgehead atoms. The van der Waals surface area contributed by atoms with Gasteiger partial charge < -0.3 is 15.9 Å². The molecule has 0 aliphatic rings. The van der Waals surface area contributed by atoms with Gasteiger partial charge in [-0.05, 0) is 12.1 Å². The van der Waals surface area contributed by atoms with Gasteiger partial charge in [0.1, 0.15) is 6.04 Å². The lowest BCUT2D eigenvalue weighted by Gasteiger charge is -2.09. The largest absolute Gasteiger partial charge is 0.480 e. The maximum atomic E-state index is 12.1. The van der Waals surface area contributed by atoms with Crippen molar-refractivity contribution in [1.29, 1.82) is 0 Å². The van der Waals surface area contributed by atoms with Crippen LogP contribution in [0.4, 0.5) is 10.5 Å². The van der Waals surface area contributed by atoms with Crippen molar-refractivity contribution in [3.8, 4) is 0 Å². The highest BCUT2D eigenvalue weighted by atomic mass is 16.4. The maximum Gasteiger partial charge on any atom is 0.409 e. The van der Waals surface area contributed by atoms with Gasteiger partial charge in [-0.3, -0.25) is 14.9 Å². The first kappa shape index (κ1) is 8.65. The van der Waals surface area contributed by atoms with E-state index in [-0.39, 0.29) is 0 Å². The summed E-state index contributed by atoms with van der Waals surface area (Å²) in [5.41, 5.74) is 3.93. The van der Waals surface area contributed by atoms with Gasteiger partial charge in [-0.1, -0.05) is 12.1 Å². The number of aliphatic carboxylic acids is 1. The third-order valence-corrected chi connectivity index (χ3v) is 1.92. The number of anilines is 1. The molecule has 5 N–H and O–H groups in total. The molecule has 0 radical (unpaired) electrons. The summed E-state index contributed by atoms with van der Waals surface area (Å²) < 4.78 is 30.2. The molecule has 1 aromatic rings. The van der Waals surface area contributed by atoms with Crippen molar-refractivity contribution in [2.45, 2.75) is 12.5 Å². The van der Waals surface area contributed by atoms with Gasteiger partial charge in [-0.15, -0.1) is 0 Å². The minimum Gasteiger partial charge on any atom is -0.480 e. The van der Waals surface area contributed by atoms with E-state index >= 15 is 0 Å². The van der Waals surface area contributed by atoms with E-state index in [1.165, 1.54) is 0 Å². The molecule has 0 aliphatic carbocycles. The average Bonchev–Trinajstić information content (AvgIpc) is 2.41. The second kappa shape index (κ2) is 5.78. The summed E-state index contributed by atoms with van der Waals surface area (Å²) in [5, 5.41) is 19.1. The summed E-state index contributed by atoms with van der Waals surface area (Å²) in [6.45, 7) is 0. The Labute approximate surface area is 108 Å². The van der Waals surface area contributed by atoms with Gasteiger partial charge in [0, 0.05) is 12.0 Å². The van der Waals surface area contributed by atoms with Gasteiger partial charge >= 0.3 is 12.1 Å². The van der Waals surface area contributed by atoms with Gasteiger partial charge in [0.05, 0.1) is 11.2 Å². The number of benzene rings is 1. The molecule has 1 amide bonds. The third-order valence-electron chi connectivity index (χ3n) is 1.92. The zero-order valence-electron chi connectivity index (χ0n) is 13.0. The molecule has 0 unspecified atom stereocenters. The van der Waals surface area contributed by atoms with Crippen LogP contribution in [0.2, 0.25) is 0 Å². The minimum absolute atomic E-state index is 0.638. The lowest BCUT2D eigenvalue weighted by atomic mass is 10.0. The summed E-state index contributed by atoms with van der Waals surface area (Å²) in [4.78, 5) is 33.5. The number of amides is 1. The Bertz CT molecular complexity index is 665. The summed E-state index contributed by atoms with van der Waals surface area (Å²) in [6.07, 6.45) is -2.38. The summed E-state index contributed by atoms with van der Waals surface area (Å²) in [7, 11) is 0. The van der Waals surface area contributed by atoms with Gasteiger partial charge in [0.15, 0.2) is 5.78 Å². The molecule has 0 heterocycles. The number of ketones is 1. The molecule has 0 aromatic heterocycles. The monoisotopic (exact) mass is 256 g/mol. The third kappa shape index (κ3) is 3.56. The summed E-state index contributed by atoms with van der Waals surface area (Å²) in [6, 6.07) is -4.58. The molecular weight excluding hydrogens is 240 g/mol. The van der Waals surface area contributed by atoms with Crippen LogP contribution in [-0.4, -0.2) is 34.1 Å². The van der Waals surface area contributed by atoms with E-state index in [0.717, 1.165) is 0 Å². The van der Waals surface area contributed by atoms with Crippen LogP contribution in [0.5, 0.6) is 0 Å². The van der Waals surface area contributed by atoms with E-state index < -0.39 is 65.7 Å². The van der Waals surface area contributed by atoms with E-state index in [9.17, 15) is 14.4 Å². The predicted octanol–water partition coefficient (Wildman–Crippen LogP) is 0.761. The Hall–Kier alpha value is -2.41. The normalized spacial score (nSPS) is 14.7. The Balaban J connectivity index is 3.47. The molecule has 1 rings (SSSR count). The number of carbonyl (C=O) groups is 3. The second-order valence-electron chi connectivity index (χ2n) is 3.25. The number of para-hydroxylation sites is 1. The first-order chi connectivity index (χ1) is 10.1. The highest BCUT2D eigenvalue weighted by Crippen LogP contribution is 2.17. The zero-order valence-corrected chi connectivity index (χ0v) is 8.98. The van der Waals surface area contributed by atoms with Crippen LogP contribution < -0.4 is 11.1 Å². The molecule has 7 nitrogen and oxygen atoms in total. The van der Waals surface area contributed by atoms with Crippen LogP contribution in [0.25, 0.3) is 0 Å². The molecule has 1 atom stereocenters. The standard InChI is InChI=1S/C11H12N2O5/c12-7(10(15)16)5-9(14)6-3-1-2-4-8(6)13-11(17)18/h1-4,7,13H,5,12H2,(H,15,16)(H,17,18)/t7-/m0/s1/i1D,2D,3D,4D. The first-order valence-electron chi connectivity index (χ1n) is 6.69. The number of carboxylic acids is 1. The van der Waals surface area contributed by atoms with Crippen LogP contribution in [0.3, 0.4) is 0 Å². The number of carboxylic acid groups (broad SMARTS) is 2. The predicted molar refractivity (Wildman–Crippen MR) is 62.6 cm³/mol. The molecule has 96 valence electrons. The number of carbonyl (C=O) groups excluding carboxylic acids is 1. The van der Waals surface area contributed by atoms with Crippen LogP contribution in [-0.2, 0) is 4.79 Å². The topological polar surface area (TPSA) is 130 Å². The highest BCUT2D eigenvalue weighted by Gasteiger charge is 2.19. The van der Waals surface area contributed by atoms with Crippen LogP contribution >= 0.6 is 0 Å². The minimum atomic E-state index is -1.64. The van der Waals surface area contributed by atoms with Crippen molar-refractivity contribution >= 4 is 23.5 Å². The Kier molecular flexibility index (Phi) is 2.78. The Morgan fingerprint density at radius 2 is 1.94 bits per heavy atom. The second-order valence-corrected chi connectivity index (χ2v) is 3.25. The van der Waals surface area contributed by atoms with Gasteiger partial charge in [-0.25, -0.2) is 4.79 Å². The van der Waals surface area contributed by atoms with Crippen LogP contribution in [0, 0.1) is 0 Å². The molecule has 0 saturated carbocycles. The van der Waals surface area contributed by atoms with Crippen molar-refractivity contribution in [3.63, 3.8) is 0 Å². The highest BCUT2D eigenvalue weighted by molar-refractivity contribution is 6.05. The van der Waals surface area contributed by atoms with Crippen molar-refractivity contribution < 1.29 is 30.1 Å². The van der Waals surface area contributed by atoms with E-state index in [0.29, 0.717) is 0 Å². The number of Topliss-reactive ketones (excluding diaryl/α,β-unsaturated/α-hetero) is 1. The fraction of sp³-hybridized carbons (Fsp3) is 0.182. The zero-order chi connectivity index (χ0) is 17.2. The van der Waals surface area contributed by atoms with Crippen LogP contribution in [0.1, 0.15) is 22.3 Å². The fourth-order valence-corrected chi connectivity index (χ4v) is 1.11. The summed E-state index contributed by atoms with van der Waals surface area (Å²) in [5.74, 6) is -2.48. The van der Waals surface area contributed by atoms with Gasteiger partial charge in [-0.2, -0.15) is 0 Å². The van der Waals surface area contributed by atoms with E-state index in [4.69, 9.17) is 21.4 Å². The summed E-state index contributed by atoms with van der Waals surface area (Å²) >= 11 is 0. The van der Waals surface area contributed by atoms with E-state index in [2.05, 4.69) is 0 Å². The lowest BCUT2D eigenvalue weighted by molar-refractivity contribution is -0.138. The number of nitrogens with one attached hydrogen (secondary N) is 1. The smallest absolute Gasteiger partial charge is 0.409 e. The quantitative estimate of drug-likeness (QED) is 0.575. The fourth-order valence-electron chi connectivity index (χ4n) is 1.11. The van der Waals surface area contributed by atoms with E-state index in [1.54, 1.807) is 5.32 Å². The molecule has 18 heavy (non-hydrogen) atoms. The molecular formula is C11H12N2O5. The van der Waals surface area contributed by atoms with Crippen molar-refractivity contribution in [2.75, 3.05) is 5.32 Å². The first-order valence-corrected chi connectivity index (χ1v) is 4.69. The van der Waals surface area contributed by atoms with Crippen molar-refractivity contribution in [2.24, 2.45) is 5.73 Å². The number of hydrogen-bond donors (Lipinski definition) is 4. The molecule has 0 aliphatic heterocycles. The van der Waals surface area contributed by atoms with Gasteiger partial charge in [0.25, 0.3) is 0 Å².